The number of aromatic hydroxyl groups is 1. The number of nitrogens with two attached hydrogens (primary N) is 1. The Morgan fingerprint density at radius 3 is 2.82 bits per heavy atom. The van der Waals surface area contributed by atoms with Crippen LogP contribution in [0.1, 0.15) is 5.56 Å². The summed E-state index contributed by atoms with van der Waals surface area (Å²) in [5.74, 6) is 0.0960. The molecule has 0 heterocycles. The lowest BCUT2D eigenvalue weighted by molar-refractivity contribution is 0.249. The van der Waals surface area contributed by atoms with E-state index in [4.69, 9.17) is 5.73 Å². The van der Waals surface area contributed by atoms with Crippen LogP contribution < -0.4 is 11.2 Å². The highest BCUT2D eigenvalue weighted by Crippen LogP contribution is 2.25. The largest absolute Gasteiger partial charge is 0.507 e. The molecule has 0 aromatic heterocycles. The number of carbonyl (C=O) groups is 1. The Labute approximate surface area is 97.6 Å². The number of carbonyl (C=O) groups excluding carboxylic acids is 1. The summed E-state index contributed by atoms with van der Waals surface area (Å²) in [5, 5.41) is 15.2. The van der Waals surface area contributed by atoms with Crippen LogP contribution in [0.5, 0.6) is 5.75 Å². The van der Waals surface area contributed by atoms with Crippen molar-refractivity contribution in [3.05, 3.63) is 42.0 Å². The molecule has 5 heteroatoms. The monoisotopic (exact) mass is 229 g/mol. The van der Waals surface area contributed by atoms with Crippen molar-refractivity contribution >= 4 is 23.0 Å². The van der Waals surface area contributed by atoms with E-state index in [0.29, 0.717) is 5.56 Å². The van der Waals surface area contributed by atoms with Crippen LogP contribution in [-0.4, -0.2) is 17.4 Å². The van der Waals surface area contributed by atoms with E-state index in [0.717, 1.165) is 10.8 Å². The molecule has 2 aromatic carbocycles. The fraction of sp³-hybridized carbons (Fsp3) is 0. The van der Waals surface area contributed by atoms with Crippen molar-refractivity contribution in [3.63, 3.8) is 0 Å². The highest BCUT2D eigenvalue weighted by Gasteiger charge is 2.03. The van der Waals surface area contributed by atoms with Gasteiger partial charge in [-0.25, -0.2) is 10.2 Å². The van der Waals surface area contributed by atoms with Crippen molar-refractivity contribution < 1.29 is 9.90 Å². The molecule has 2 amide bonds. The summed E-state index contributed by atoms with van der Waals surface area (Å²) >= 11 is 0. The van der Waals surface area contributed by atoms with E-state index < -0.39 is 6.03 Å². The lowest BCUT2D eigenvalue weighted by Crippen LogP contribution is -2.24. The fourth-order valence-corrected chi connectivity index (χ4v) is 1.58. The van der Waals surface area contributed by atoms with Crippen LogP contribution in [0.25, 0.3) is 10.8 Å². The van der Waals surface area contributed by atoms with Gasteiger partial charge in [0.2, 0.25) is 0 Å². The standard InChI is InChI=1S/C12H11N3O2/c13-12(17)15-14-7-10-9-4-2-1-3-8(9)5-6-11(10)16/h1-7,16H,(H3,13,15,17)/b14-7-. The molecule has 0 spiro atoms. The number of hydrazone groups is 1. The number of amides is 2. The average molecular weight is 229 g/mol. The third kappa shape index (κ3) is 2.34. The minimum absolute atomic E-state index is 0.0960. The van der Waals surface area contributed by atoms with E-state index in [1.807, 2.05) is 30.3 Å². The Balaban J connectivity index is 2.47. The summed E-state index contributed by atoms with van der Waals surface area (Å²) in [6, 6.07) is 10.2. The van der Waals surface area contributed by atoms with Crippen LogP contribution in [-0.2, 0) is 0 Å². The molecular formula is C12H11N3O2. The van der Waals surface area contributed by atoms with Gasteiger partial charge in [-0.15, -0.1) is 0 Å². The van der Waals surface area contributed by atoms with Gasteiger partial charge in [0.15, 0.2) is 0 Å². The van der Waals surface area contributed by atoms with Gasteiger partial charge < -0.3 is 10.8 Å². The van der Waals surface area contributed by atoms with Crippen LogP contribution in [0.2, 0.25) is 0 Å². The number of benzene rings is 2. The van der Waals surface area contributed by atoms with E-state index in [-0.39, 0.29) is 5.75 Å². The number of nitrogens with one attached hydrogen (secondary N) is 1. The molecule has 4 N–H and O–H groups in total. The van der Waals surface area contributed by atoms with Gasteiger partial charge in [0.05, 0.1) is 6.21 Å². The average Bonchev–Trinajstić information content (AvgIpc) is 2.32. The molecule has 86 valence electrons. The van der Waals surface area contributed by atoms with E-state index in [2.05, 4.69) is 10.5 Å². The summed E-state index contributed by atoms with van der Waals surface area (Å²) in [7, 11) is 0. The molecule has 0 aliphatic carbocycles. The van der Waals surface area contributed by atoms with Crippen molar-refractivity contribution in [1.82, 2.24) is 5.43 Å². The molecule has 2 rings (SSSR count). The predicted octanol–water partition coefficient (Wildman–Crippen LogP) is 1.55. The van der Waals surface area contributed by atoms with Gasteiger partial charge in [-0.05, 0) is 16.8 Å². The summed E-state index contributed by atoms with van der Waals surface area (Å²) in [6.07, 6.45) is 1.36. The molecule has 0 atom stereocenters. The lowest BCUT2D eigenvalue weighted by atomic mass is 10.0. The summed E-state index contributed by atoms with van der Waals surface area (Å²) in [6.45, 7) is 0. The number of nitrogens with zero attached hydrogens (tertiary/aromatic N) is 1. The van der Waals surface area contributed by atoms with Crippen LogP contribution in [0.3, 0.4) is 0 Å². The molecule has 0 saturated heterocycles. The van der Waals surface area contributed by atoms with Crippen molar-refractivity contribution in [2.24, 2.45) is 10.8 Å². The Morgan fingerprint density at radius 1 is 1.29 bits per heavy atom. The molecule has 5 nitrogen and oxygen atoms in total. The van der Waals surface area contributed by atoms with E-state index >= 15 is 0 Å². The Morgan fingerprint density at radius 2 is 2.06 bits per heavy atom. The first kappa shape index (κ1) is 10.9. The van der Waals surface area contributed by atoms with Gasteiger partial charge in [-0.1, -0.05) is 30.3 Å². The Bertz CT molecular complexity index is 593. The zero-order valence-corrected chi connectivity index (χ0v) is 8.92. The number of rotatable bonds is 2. The van der Waals surface area contributed by atoms with Gasteiger partial charge >= 0.3 is 6.03 Å². The molecule has 0 saturated carbocycles. The molecule has 0 unspecified atom stereocenters. The van der Waals surface area contributed by atoms with Crippen LogP contribution >= 0.6 is 0 Å². The second-order valence-corrected chi connectivity index (χ2v) is 3.45. The predicted molar refractivity (Wildman–Crippen MR) is 65.9 cm³/mol. The van der Waals surface area contributed by atoms with Crippen molar-refractivity contribution in [2.75, 3.05) is 0 Å². The van der Waals surface area contributed by atoms with Crippen molar-refractivity contribution in [2.45, 2.75) is 0 Å². The molecule has 17 heavy (non-hydrogen) atoms. The van der Waals surface area contributed by atoms with Gasteiger partial charge in [0, 0.05) is 5.56 Å². The third-order valence-electron chi connectivity index (χ3n) is 2.32. The van der Waals surface area contributed by atoms with Gasteiger partial charge in [-0.2, -0.15) is 5.10 Å². The number of hydrogen-bond donors (Lipinski definition) is 3. The first-order chi connectivity index (χ1) is 8.18. The Hall–Kier alpha value is -2.56. The Kier molecular flexibility index (Phi) is 2.91. The second-order valence-electron chi connectivity index (χ2n) is 3.45. The van der Waals surface area contributed by atoms with Gasteiger partial charge in [0.1, 0.15) is 5.75 Å². The maximum atomic E-state index is 10.5. The van der Waals surface area contributed by atoms with Gasteiger partial charge in [0.25, 0.3) is 0 Å². The number of phenolic OH excluding ortho intramolecular Hbond substituents is 1. The third-order valence-corrected chi connectivity index (χ3v) is 2.32. The topological polar surface area (TPSA) is 87.7 Å². The maximum absolute atomic E-state index is 10.5. The van der Waals surface area contributed by atoms with Crippen molar-refractivity contribution in [3.8, 4) is 5.75 Å². The highest BCUT2D eigenvalue weighted by atomic mass is 16.3. The molecule has 0 aliphatic heterocycles. The normalized spacial score (nSPS) is 10.8. The molecular weight excluding hydrogens is 218 g/mol. The maximum Gasteiger partial charge on any atom is 0.332 e. The number of phenols is 1. The SMILES string of the molecule is NC(=O)N/N=C\c1c(O)ccc2ccccc12. The smallest absolute Gasteiger partial charge is 0.332 e. The minimum Gasteiger partial charge on any atom is -0.507 e. The molecule has 0 bridgehead atoms. The van der Waals surface area contributed by atoms with Crippen LogP contribution in [0.15, 0.2) is 41.5 Å². The van der Waals surface area contributed by atoms with Crippen LogP contribution in [0, 0.1) is 0 Å². The number of hydrogen-bond acceptors (Lipinski definition) is 3. The molecule has 0 radical (unpaired) electrons. The molecule has 0 aliphatic rings. The molecule has 2 aromatic rings. The van der Waals surface area contributed by atoms with Gasteiger partial charge in [-0.3, -0.25) is 0 Å². The second kappa shape index (κ2) is 4.52. The quantitative estimate of drug-likeness (QED) is 0.539. The highest BCUT2D eigenvalue weighted by molar-refractivity contribution is 6.02. The zero-order chi connectivity index (χ0) is 12.3. The number of fused-ring (bicyclic) bond motifs is 1. The summed E-state index contributed by atoms with van der Waals surface area (Å²) in [4.78, 5) is 10.5. The minimum atomic E-state index is -0.749. The lowest BCUT2D eigenvalue weighted by Gasteiger charge is -2.04. The summed E-state index contributed by atoms with van der Waals surface area (Å²) in [5.41, 5.74) is 7.50. The first-order valence-corrected chi connectivity index (χ1v) is 4.97. The van der Waals surface area contributed by atoms with E-state index in [1.54, 1.807) is 6.07 Å². The first-order valence-electron chi connectivity index (χ1n) is 4.97. The number of primary amides is 1. The zero-order valence-electron chi connectivity index (χ0n) is 8.92. The van der Waals surface area contributed by atoms with Crippen molar-refractivity contribution in [1.29, 1.82) is 0 Å². The fourth-order valence-electron chi connectivity index (χ4n) is 1.58. The molecule has 0 fully saturated rings. The number of urea groups is 1. The van der Waals surface area contributed by atoms with E-state index in [1.165, 1.54) is 6.21 Å². The summed E-state index contributed by atoms with van der Waals surface area (Å²) < 4.78 is 0. The van der Waals surface area contributed by atoms with Crippen LogP contribution in [0.4, 0.5) is 4.79 Å². The van der Waals surface area contributed by atoms with E-state index in [9.17, 15) is 9.90 Å².